The van der Waals surface area contributed by atoms with Gasteiger partial charge in [-0.2, -0.15) is 0 Å². The van der Waals surface area contributed by atoms with Crippen LogP contribution in [0.25, 0.3) is 0 Å². The second kappa shape index (κ2) is 9.17. The predicted octanol–water partition coefficient (Wildman–Crippen LogP) is 1.92. The van der Waals surface area contributed by atoms with Crippen LogP contribution in [-0.4, -0.2) is 36.1 Å². The van der Waals surface area contributed by atoms with Crippen LogP contribution in [-0.2, 0) is 15.1 Å². The zero-order valence-electron chi connectivity index (χ0n) is 18.1. The van der Waals surface area contributed by atoms with Gasteiger partial charge in [-0.25, -0.2) is 4.39 Å². The maximum absolute atomic E-state index is 13.1. The number of nitrogens with zero attached hydrogens (tertiary/aromatic N) is 1. The second-order valence-electron chi connectivity index (χ2n) is 8.08. The van der Waals surface area contributed by atoms with Crippen LogP contribution in [0.3, 0.4) is 0 Å². The Morgan fingerprint density at radius 1 is 1.06 bits per heavy atom. The van der Waals surface area contributed by atoms with E-state index in [2.05, 4.69) is 20.9 Å². The van der Waals surface area contributed by atoms with Crippen molar-refractivity contribution in [3.8, 4) is 0 Å². The number of benzene rings is 2. The summed E-state index contributed by atoms with van der Waals surface area (Å²) < 4.78 is 13.1. The molecule has 1 aliphatic rings. The minimum absolute atomic E-state index is 0.118. The Balaban J connectivity index is 1.82. The van der Waals surface area contributed by atoms with Crippen molar-refractivity contribution in [3.05, 3.63) is 65.5 Å². The summed E-state index contributed by atoms with van der Waals surface area (Å²) >= 11 is 0. The molecule has 0 saturated heterocycles. The van der Waals surface area contributed by atoms with Gasteiger partial charge < -0.3 is 21.7 Å². The topological polar surface area (TPSA) is 126 Å². The quantitative estimate of drug-likeness (QED) is 0.526. The summed E-state index contributed by atoms with van der Waals surface area (Å²) in [4.78, 5) is 41.9. The summed E-state index contributed by atoms with van der Waals surface area (Å²) in [5, 5.41) is 8.44. The van der Waals surface area contributed by atoms with Crippen molar-refractivity contribution in [2.45, 2.75) is 38.4 Å². The van der Waals surface area contributed by atoms with Crippen LogP contribution in [0.15, 0.2) is 53.5 Å². The van der Waals surface area contributed by atoms with Crippen molar-refractivity contribution in [1.82, 2.24) is 10.6 Å². The second-order valence-corrected chi connectivity index (χ2v) is 8.08. The van der Waals surface area contributed by atoms with Crippen molar-refractivity contribution in [2.24, 2.45) is 16.6 Å². The smallest absolute Gasteiger partial charge is 0.255 e. The van der Waals surface area contributed by atoms with Crippen molar-refractivity contribution < 1.29 is 18.8 Å². The van der Waals surface area contributed by atoms with E-state index in [-0.39, 0.29) is 12.0 Å². The van der Waals surface area contributed by atoms with E-state index < -0.39 is 35.1 Å². The monoisotopic (exact) mass is 439 g/mol. The van der Waals surface area contributed by atoms with Gasteiger partial charge in [0.15, 0.2) is 11.6 Å². The summed E-state index contributed by atoms with van der Waals surface area (Å²) in [6.45, 7) is 5.82. The van der Waals surface area contributed by atoms with Gasteiger partial charge in [-0.05, 0) is 54.8 Å². The van der Waals surface area contributed by atoms with Crippen molar-refractivity contribution >= 4 is 29.7 Å². The van der Waals surface area contributed by atoms with Crippen molar-refractivity contribution in [3.63, 3.8) is 0 Å². The lowest BCUT2D eigenvalue weighted by molar-refractivity contribution is -0.132. The third-order valence-corrected chi connectivity index (χ3v) is 5.64. The van der Waals surface area contributed by atoms with Crippen LogP contribution in [0.2, 0.25) is 0 Å². The summed E-state index contributed by atoms with van der Waals surface area (Å²) in [5.41, 5.74) is 5.36. The molecule has 8 nitrogen and oxygen atoms in total. The van der Waals surface area contributed by atoms with Gasteiger partial charge in [-0.3, -0.25) is 19.4 Å². The average molecular weight is 439 g/mol. The van der Waals surface area contributed by atoms with E-state index in [1.807, 2.05) is 20.8 Å². The molecule has 0 radical (unpaired) electrons. The van der Waals surface area contributed by atoms with Gasteiger partial charge in [0.2, 0.25) is 5.91 Å². The molecule has 9 heteroatoms. The number of hydrogen-bond donors (Lipinski definition) is 4. The number of rotatable bonds is 7. The third-order valence-electron chi connectivity index (χ3n) is 5.64. The van der Waals surface area contributed by atoms with E-state index in [1.165, 1.54) is 30.6 Å². The fourth-order valence-electron chi connectivity index (χ4n) is 3.35. The first kappa shape index (κ1) is 22.9. The molecule has 32 heavy (non-hydrogen) atoms. The molecule has 0 fully saturated rings. The molecule has 1 heterocycles. The lowest BCUT2D eigenvalue weighted by atomic mass is 9.82. The fourth-order valence-corrected chi connectivity index (χ4v) is 3.35. The van der Waals surface area contributed by atoms with Crippen LogP contribution in [0.5, 0.6) is 0 Å². The molecule has 0 aromatic heterocycles. The Morgan fingerprint density at radius 2 is 1.69 bits per heavy atom. The Bertz CT molecular complexity index is 1040. The maximum Gasteiger partial charge on any atom is 0.255 e. The van der Waals surface area contributed by atoms with Crippen LogP contribution >= 0.6 is 0 Å². The summed E-state index contributed by atoms with van der Waals surface area (Å²) in [5.74, 6) is -1.82. The van der Waals surface area contributed by atoms with Gasteiger partial charge in [0.25, 0.3) is 11.8 Å². The number of halogens is 1. The zero-order valence-corrected chi connectivity index (χ0v) is 18.1. The Kier molecular flexibility index (Phi) is 6.57. The van der Waals surface area contributed by atoms with Crippen molar-refractivity contribution in [1.29, 1.82) is 0 Å². The lowest BCUT2D eigenvalue weighted by Gasteiger charge is -2.32. The number of carbonyl (C=O) groups excluding carboxylic acids is 3. The Labute approximate surface area is 185 Å². The van der Waals surface area contributed by atoms with E-state index in [0.29, 0.717) is 16.8 Å². The normalized spacial score (nSPS) is 20.5. The standard InChI is InChI=1S/C23H26FN5O3/c1-13(2)14(3)28-21(31)19-23(22(25)32,27-12-26-19)16-6-10-18(11-7-16)29-20(30)15-4-8-17(24)9-5-15/h4-14,19H,1-3H3,(H2,25,32)(H,26,27)(H,28,31)(H,29,30)/t14-,19?,23?/m1/s1. The number of nitrogens with one attached hydrogen (secondary N) is 3. The molecule has 0 aliphatic carbocycles. The lowest BCUT2D eigenvalue weighted by Crippen LogP contribution is -2.60. The number of hydrogen-bond acceptors (Lipinski definition) is 5. The molecule has 0 bridgehead atoms. The first-order chi connectivity index (χ1) is 15.1. The molecular formula is C23H26FN5O3. The fraction of sp³-hybridized carbons (Fsp3) is 0.304. The van der Waals surface area contributed by atoms with Gasteiger partial charge in [0.05, 0.1) is 6.34 Å². The number of primary amides is 1. The number of anilines is 1. The van der Waals surface area contributed by atoms with Crippen LogP contribution in [0.1, 0.15) is 36.7 Å². The summed E-state index contributed by atoms with van der Waals surface area (Å²) in [7, 11) is 0. The maximum atomic E-state index is 13.1. The number of carbonyl (C=O) groups is 3. The Morgan fingerprint density at radius 3 is 2.25 bits per heavy atom. The molecule has 2 unspecified atom stereocenters. The molecule has 3 rings (SSSR count). The minimum atomic E-state index is -1.56. The molecule has 2 aromatic carbocycles. The highest BCUT2D eigenvalue weighted by atomic mass is 19.1. The summed E-state index contributed by atoms with van der Waals surface area (Å²) in [6.07, 6.45) is 1.30. The molecule has 5 N–H and O–H groups in total. The number of aliphatic imine (C=N–C) groups is 1. The molecule has 168 valence electrons. The van der Waals surface area contributed by atoms with Crippen molar-refractivity contribution in [2.75, 3.05) is 5.32 Å². The Hall–Kier alpha value is -3.75. The van der Waals surface area contributed by atoms with Gasteiger partial charge in [-0.15, -0.1) is 0 Å². The molecule has 1 aliphatic heterocycles. The summed E-state index contributed by atoms with van der Waals surface area (Å²) in [6, 6.07) is 10.3. The van der Waals surface area contributed by atoms with Gasteiger partial charge >= 0.3 is 0 Å². The number of amides is 3. The highest BCUT2D eigenvalue weighted by Crippen LogP contribution is 2.31. The minimum Gasteiger partial charge on any atom is -0.367 e. The molecule has 0 saturated carbocycles. The molecule has 2 aromatic rings. The highest BCUT2D eigenvalue weighted by Gasteiger charge is 2.52. The number of nitrogens with two attached hydrogens (primary N) is 1. The molecule has 0 spiro atoms. The SMILES string of the molecule is CC(C)[C@@H](C)NC(=O)C1N=CNC1(C(N)=O)c1ccc(NC(=O)c2ccc(F)cc2)cc1. The van der Waals surface area contributed by atoms with Gasteiger partial charge in [0.1, 0.15) is 5.82 Å². The average Bonchev–Trinajstić information content (AvgIpc) is 3.21. The van der Waals surface area contributed by atoms with E-state index in [0.717, 1.165) is 0 Å². The molecule has 3 amide bonds. The molecule has 3 atom stereocenters. The highest BCUT2D eigenvalue weighted by molar-refractivity contribution is 6.04. The largest absolute Gasteiger partial charge is 0.367 e. The molecular weight excluding hydrogens is 413 g/mol. The van der Waals surface area contributed by atoms with E-state index >= 15 is 0 Å². The first-order valence-corrected chi connectivity index (χ1v) is 10.2. The van der Waals surface area contributed by atoms with Crippen LogP contribution in [0, 0.1) is 11.7 Å². The third kappa shape index (κ3) is 4.46. The van der Waals surface area contributed by atoms with Gasteiger partial charge in [-0.1, -0.05) is 26.0 Å². The zero-order chi connectivity index (χ0) is 23.5. The van der Waals surface area contributed by atoms with Gasteiger partial charge in [0, 0.05) is 17.3 Å². The van der Waals surface area contributed by atoms with E-state index in [1.54, 1.807) is 24.3 Å². The first-order valence-electron chi connectivity index (χ1n) is 10.2. The van der Waals surface area contributed by atoms with Crippen LogP contribution in [0.4, 0.5) is 10.1 Å². The van der Waals surface area contributed by atoms with E-state index in [4.69, 9.17) is 5.73 Å². The van der Waals surface area contributed by atoms with E-state index in [9.17, 15) is 18.8 Å². The van der Waals surface area contributed by atoms with Crippen LogP contribution < -0.4 is 21.7 Å². The predicted molar refractivity (Wildman–Crippen MR) is 120 cm³/mol.